The van der Waals surface area contributed by atoms with E-state index in [1.165, 1.54) is 11.4 Å². The van der Waals surface area contributed by atoms with E-state index < -0.39 is 0 Å². The molecule has 1 heterocycles. The molecule has 1 aliphatic heterocycles. The van der Waals surface area contributed by atoms with Crippen molar-refractivity contribution >= 4 is 23.8 Å². The Labute approximate surface area is 91.9 Å². The summed E-state index contributed by atoms with van der Waals surface area (Å²) in [6, 6.07) is 8.63. The molecule has 0 atom stereocenters. The first-order valence-electron chi connectivity index (χ1n) is 4.95. The number of benzene rings is 1. The highest BCUT2D eigenvalue weighted by Gasteiger charge is 2.22. The zero-order valence-electron chi connectivity index (χ0n) is 8.73. The van der Waals surface area contributed by atoms with Gasteiger partial charge in [-0.2, -0.15) is 0 Å². The van der Waals surface area contributed by atoms with Crippen LogP contribution in [0.5, 0.6) is 0 Å². The van der Waals surface area contributed by atoms with E-state index in [-0.39, 0.29) is 12.4 Å². The summed E-state index contributed by atoms with van der Waals surface area (Å²) in [7, 11) is 0. The van der Waals surface area contributed by atoms with Crippen molar-refractivity contribution in [3.05, 3.63) is 24.3 Å². The molecular weight excluding hydrogens is 196 g/mol. The van der Waals surface area contributed by atoms with Gasteiger partial charge in [-0.3, -0.25) is 0 Å². The second-order valence-electron chi connectivity index (χ2n) is 3.34. The lowest BCUT2D eigenvalue weighted by atomic mass is 10.2. The second kappa shape index (κ2) is 4.56. The Kier molecular flexibility index (Phi) is 3.64. The Hall–Kier alpha value is -0.890. The number of hydrogen-bond donors (Lipinski definition) is 0. The molecule has 0 saturated heterocycles. The van der Waals surface area contributed by atoms with Crippen LogP contribution in [0.3, 0.4) is 0 Å². The van der Waals surface area contributed by atoms with E-state index in [9.17, 15) is 0 Å². The van der Waals surface area contributed by atoms with Crippen molar-refractivity contribution in [3.63, 3.8) is 0 Å². The van der Waals surface area contributed by atoms with Crippen LogP contribution < -0.4 is 9.80 Å². The van der Waals surface area contributed by atoms with Crippen LogP contribution in [0.4, 0.5) is 11.4 Å². The van der Waals surface area contributed by atoms with E-state index in [1.807, 2.05) is 0 Å². The normalized spacial score (nSPS) is 13.9. The molecule has 0 unspecified atom stereocenters. The molecule has 0 aliphatic carbocycles. The molecule has 0 aromatic heterocycles. The Bertz CT molecular complexity index is 272. The fraction of sp³-hybridized carbons (Fsp3) is 0.455. The van der Waals surface area contributed by atoms with E-state index >= 15 is 0 Å². The molecule has 0 fully saturated rings. The van der Waals surface area contributed by atoms with Crippen LogP contribution in [0.2, 0.25) is 0 Å². The number of fused-ring (bicyclic) bond motifs is 1. The van der Waals surface area contributed by atoms with Crippen LogP contribution in [0, 0.1) is 0 Å². The van der Waals surface area contributed by atoms with Gasteiger partial charge < -0.3 is 9.80 Å². The average molecular weight is 213 g/mol. The van der Waals surface area contributed by atoms with Gasteiger partial charge in [0.05, 0.1) is 18.0 Å². The maximum Gasteiger partial charge on any atom is 0.0903 e. The minimum absolute atomic E-state index is 0. The minimum atomic E-state index is 0. The quantitative estimate of drug-likeness (QED) is 0.744. The molecule has 0 spiro atoms. The lowest BCUT2D eigenvalue weighted by molar-refractivity contribution is 0.801. The van der Waals surface area contributed by atoms with Crippen LogP contribution in [-0.4, -0.2) is 19.8 Å². The van der Waals surface area contributed by atoms with Crippen LogP contribution in [0.15, 0.2) is 24.3 Å². The Balaban J connectivity index is 0.000000980. The summed E-state index contributed by atoms with van der Waals surface area (Å²) in [6.45, 7) is 7.64. The van der Waals surface area contributed by atoms with Crippen molar-refractivity contribution < 1.29 is 0 Å². The van der Waals surface area contributed by atoms with E-state index in [0.29, 0.717) is 0 Å². The number of anilines is 2. The topological polar surface area (TPSA) is 6.48 Å². The molecular formula is C11H17ClN2. The van der Waals surface area contributed by atoms with Gasteiger partial charge in [0.25, 0.3) is 0 Å². The lowest BCUT2D eigenvalue weighted by Crippen LogP contribution is -2.30. The fourth-order valence-corrected chi connectivity index (χ4v) is 1.90. The molecule has 0 amide bonds. The molecule has 78 valence electrons. The largest absolute Gasteiger partial charge is 0.352 e. The smallest absolute Gasteiger partial charge is 0.0903 e. The van der Waals surface area contributed by atoms with Crippen molar-refractivity contribution in [2.45, 2.75) is 13.8 Å². The third-order valence-electron chi connectivity index (χ3n) is 2.67. The highest BCUT2D eigenvalue weighted by molar-refractivity contribution is 5.85. The molecule has 3 heteroatoms. The summed E-state index contributed by atoms with van der Waals surface area (Å²) in [5.74, 6) is 0. The van der Waals surface area contributed by atoms with E-state index in [4.69, 9.17) is 0 Å². The molecule has 14 heavy (non-hydrogen) atoms. The number of halogens is 1. The van der Waals surface area contributed by atoms with Crippen LogP contribution in [0.25, 0.3) is 0 Å². The van der Waals surface area contributed by atoms with Gasteiger partial charge in [-0.15, -0.1) is 12.4 Å². The summed E-state index contributed by atoms with van der Waals surface area (Å²) in [4.78, 5) is 4.80. The van der Waals surface area contributed by atoms with Crippen molar-refractivity contribution in [2.24, 2.45) is 0 Å². The third-order valence-corrected chi connectivity index (χ3v) is 2.67. The fourth-order valence-electron chi connectivity index (χ4n) is 1.90. The average Bonchev–Trinajstić information content (AvgIpc) is 2.56. The first-order chi connectivity index (χ1) is 6.36. The van der Waals surface area contributed by atoms with E-state index in [1.54, 1.807) is 0 Å². The predicted molar refractivity (Wildman–Crippen MR) is 64.6 cm³/mol. The third kappa shape index (κ3) is 1.67. The number of hydrogen-bond acceptors (Lipinski definition) is 2. The summed E-state index contributed by atoms with van der Waals surface area (Å²) in [5, 5.41) is 0. The SMILES string of the molecule is CCN1CN(CC)c2ccccc21.Cl. The van der Waals surface area contributed by atoms with Gasteiger partial charge in [0.2, 0.25) is 0 Å². The molecule has 0 saturated carbocycles. The van der Waals surface area contributed by atoms with Crippen molar-refractivity contribution in [1.29, 1.82) is 0 Å². The minimum Gasteiger partial charge on any atom is -0.352 e. The van der Waals surface area contributed by atoms with Gasteiger partial charge in [-0.25, -0.2) is 0 Å². The van der Waals surface area contributed by atoms with Crippen LogP contribution in [-0.2, 0) is 0 Å². The highest BCUT2D eigenvalue weighted by atomic mass is 35.5. The molecule has 1 aromatic rings. The molecule has 2 nitrogen and oxygen atoms in total. The standard InChI is InChI=1S/C11H16N2.ClH/c1-3-12-9-13(4-2)11-8-6-5-7-10(11)12;/h5-8H,3-4,9H2,1-2H3;1H. The molecule has 0 N–H and O–H groups in total. The highest BCUT2D eigenvalue weighted by Crippen LogP contribution is 2.34. The van der Waals surface area contributed by atoms with Gasteiger partial charge in [0.15, 0.2) is 0 Å². The number of rotatable bonds is 2. The molecule has 1 aliphatic rings. The lowest BCUT2D eigenvalue weighted by Gasteiger charge is -2.18. The van der Waals surface area contributed by atoms with Gasteiger partial charge in [-0.1, -0.05) is 12.1 Å². The molecule has 0 bridgehead atoms. The summed E-state index contributed by atoms with van der Waals surface area (Å²) in [6.07, 6.45) is 0. The number of nitrogens with zero attached hydrogens (tertiary/aromatic N) is 2. The van der Waals surface area contributed by atoms with Crippen molar-refractivity contribution in [2.75, 3.05) is 29.6 Å². The predicted octanol–water partition coefficient (Wildman–Crippen LogP) is 2.73. The number of para-hydroxylation sites is 2. The Morgan fingerprint density at radius 3 is 1.79 bits per heavy atom. The summed E-state index contributed by atoms with van der Waals surface area (Å²) >= 11 is 0. The summed E-state index contributed by atoms with van der Waals surface area (Å²) in [5.41, 5.74) is 2.76. The zero-order valence-corrected chi connectivity index (χ0v) is 9.55. The van der Waals surface area contributed by atoms with Gasteiger partial charge in [0.1, 0.15) is 0 Å². The van der Waals surface area contributed by atoms with E-state index in [0.717, 1.165) is 19.8 Å². The monoisotopic (exact) mass is 212 g/mol. The molecule has 0 radical (unpaired) electrons. The molecule has 1 aromatic carbocycles. The first-order valence-corrected chi connectivity index (χ1v) is 4.95. The van der Waals surface area contributed by atoms with Gasteiger partial charge >= 0.3 is 0 Å². The van der Waals surface area contributed by atoms with Gasteiger partial charge in [-0.05, 0) is 26.0 Å². The second-order valence-corrected chi connectivity index (χ2v) is 3.34. The van der Waals surface area contributed by atoms with Crippen LogP contribution in [0.1, 0.15) is 13.8 Å². The first kappa shape index (κ1) is 11.2. The van der Waals surface area contributed by atoms with Crippen LogP contribution >= 0.6 is 12.4 Å². The zero-order chi connectivity index (χ0) is 9.26. The molecule has 2 rings (SSSR count). The van der Waals surface area contributed by atoms with Gasteiger partial charge in [0, 0.05) is 13.1 Å². The Morgan fingerprint density at radius 2 is 1.43 bits per heavy atom. The summed E-state index contributed by atoms with van der Waals surface area (Å²) < 4.78 is 0. The van der Waals surface area contributed by atoms with E-state index in [2.05, 4.69) is 47.9 Å². The maximum atomic E-state index is 2.40. The Morgan fingerprint density at radius 1 is 1.00 bits per heavy atom. The van der Waals surface area contributed by atoms with Crippen molar-refractivity contribution in [3.8, 4) is 0 Å². The van der Waals surface area contributed by atoms with Crippen molar-refractivity contribution in [1.82, 2.24) is 0 Å². The maximum absolute atomic E-state index is 2.40.